The van der Waals surface area contributed by atoms with E-state index < -0.39 is 0 Å². The zero-order valence-electron chi connectivity index (χ0n) is 10.2. The van der Waals surface area contributed by atoms with Gasteiger partial charge in [-0.05, 0) is 16.5 Å². The van der Waals surface area contributed by atoms with Crippen molar-refractivity contribution in [1.29, 1.82) is 0 Å². The lowest BCUT2D eigenvalue weighted by molar-refractivity contribution is 0.575. The number of hydrogen-bond donors (Lipinski definition) is 1. The fourth-order valence-corrected chi connectivity index (χ4v) is 1.83. The van der Waals surface area contributed by atoms with Gasteiger partial charge in [-0.1, -0.05) is 45.0 Å². The Kier molecular flexibility index (Phi) is 7.05. The molecule has 0 saturated carbocycles. The zero-order chi connectivity index (χ0) is 11.3. The van der Waals surface area contributed by atoms with Gasteiger partial charge in [-0.3, -0.25) is 0 Å². The van der Waals surface area contributed by atoms with Crippen molar-refractivity contribution < 1.29 is 0 Å². The Morgan fingerprint density at radius 1 is 1.19 bits per heavy atom. The Labute approximate surface area is 110 Å². The molecule has 0 unspecified atom stereocenters. The van der Waals surface area contributed by atoms with E-state index in [0.717, 1.165) is 13.1 Å². The summed E-state index contributed by atoms with van der Waals surface area (Å²) >= 11 is 5.63. The lowest BCUT2D eigenvalue weighted by atomic mass is 9.84. The van der Waals surface area contributed by atoms with Crippen molar-refractivity contribution in [3.05, 3.63) is 35.4 Å². The van der Waals surface area contributed by atoms with Crippen LogP contribution in [0.15, 0.2) is 24.3 Å². The van der Waals surface area contributed by atoms with E-state index in [1.54, 1.807) is 0 Å². The molecule has 0 radical (unpaired) electrons. The molecule has 0 aliphatic carbocycles. The van der Waals surface area contributed by atoms with Gasteiger partial charge >= 0.3 is 0 Å². The van der Waals surface area contributed by atoms with Gasteiger partial charge in [0.25, 0.3) is 0 Å². The van der Waals surface area contributed by atoms with Gasteiger partial charge in [0.15, 0.2) is 0 Å². The van der Waals surface area contributed by atoms with Crippen LogP contribution in [0.1, 0.15) is 31.9 Å². The van der Waals surface area contributed by atoms with Gasteiger partial charge in [0.05, 0.1) is 0 Å². The number of nitrogens with one attached hydrogen (secondary N) is 1. The van der Waals surface area contributed by atoms with Crippen LogP contribution in [-0.2, 0) is 12.0 Å². The monoisotopic (exact) mass is 261 g/mol. The predicted octanol–water partition coefficient (Wildman–Crippen LogP) is 3.73. The van der Waals surface area contributed by atoms with Crippen LogP contribution < -0.4 is 5.32 Å². The molecule has 1 rings (SSSR count). The Hall–Kier alpha value is -0.240. The minimum absolute atomic E-state index is 0. The summed E-state index contributed by atoms with van der Waals surface area (Å²) in [6.45, 7) is 8.49. The van der Waals surface area contributed by atoms with Crippen molar-refractivity contribution >= 4 is 24.0 Å². The van der Waals surface area contributed by atoms with Crippen LogP contribution in [0.25, 0.3) is 0 Å². The molecule has 92 valence electrons. The van der Waals surface area contributed by atoms with Crippen molar-refractivity contribution in [2.45, 2.75) is 32.7 Å². The first-order valence-electron chi connectivity index (χ1n) is 5.41. The first kappa shape index (κ1) is 15.8. The van der Waals surface area contributed by atoms with E-state index in [1.807, 2.05) is 0 Å². The minimum atomic E-state index is 0. The average molecular weight is 262 g/mol. The van der Waals surface area contributed by atoms with Gasteiger partial charge < -0.3 is 5.32 Å². The maximum absolute atomic E-state index is 5.63. The molecule has 3 heteroatoms. The summed E-state index contributed by atoms with van der Waals surface area (Å²) in [7, 11) is 0. The van der Waals surface area contributed by atoms with Gasteiger partial charge in [0, 0.05) is 19.0 Å². The van der Waals surface area contributed by atoms with Gasteiger partial charge in [0.1, 0.15) is 0 Å². The van der Waals surface area contributed by atoms with Crippen molar-refractivity contribution in [3.63, 3.8) is 0 Å². The summed E-state index contributed by atoms with van der Waals surface area (Å²) in [5, 5.41) is 3.33. The molecule has 0 bridgehead atoms. The van der Waals surface area contributed by atoms with Crippen LogP contribution in [0, 0.1) is 0 Å². The summed E-state index contributed by atoms with van der Waals surface area (Å²) in [6, 6.07) is 8.58. The molecule has 0 aromatic heterocycles. The second-order valence-corrected chi connectivity index (χ2v) is 5.15. The maximum atomic E-state index is 5.63. The quantitative estimate of drug-likeness (QED) is 0.644. The van der Waals surface area contributed by atoms with Crippen LogP contribution in [0.2, 0.25) is 0 Å². The molecule has 16 heavy (non-hydrogen) atoms. The molecule has 0 spiro atoms. The lowest BCUT2D eigenvalue weighted by Gasteiger charge is -2.23. The number of alkyl halides is 1. The lowest BCUT2D eigenvalue weighted by Crippen LogP contribution is -2.20. The number of rotatable bonds is 4. The van der Waals surface area contributed by atoms with Crippen molar-refractivity contribution in [2.24, 2.45) is 0 Å². The van der Waals surface area contributed by atoms with Crippen molar-refractivity contribution in [2.75, 3.05) is 12.4 Å². The van der Waals surface area contributed by atoms with E-state index in [-0.39, 0.29) is 17.8 Å². The normalized spacial score (nSPS) is 11.0. The Balaban J connectivity index is 0.00000225. The molecule has 1 aromatic carbocycles. The third kappa shape index (κ3) is 4.73. The van der Waals surface area contributed by atoms with E-state index in [0.29, 0.717) is 5.88 Å². The van der Waals surface area contributed by atoms with Crippen molar-refractivity contribution in [3.8, 4) is 0 Å². The molecular formula is C13H21Cl2N. The molecule has 1 N–H and O–H groups in total. The second kappa shape index (κ2) is 7.16. The molecule has 0 amide bonds. The largest absolute Gasteiger partial charge is 0.311 e. The molecule has 0 aliphatic rings. The Bertz CT molecular complexity index is 305. The molecule has 0 saturated heterocycles. The number of benzene rings is 1. The first-order valence-corrected chi connectivity index (χ1v) is 5.94. The van der Waals surface area contributed by atoms with Crippen LogP contribution in [0.5, 0.6) is 0 Å². The number of halogens is 2. The minimum Gasteiger partial charge on any atom is -0.311 e. The van der Waals surface area contributed by atoms with Crippen molar-refractivity contribution in [1.82, 2.24) is 5.32 Å². The maximum Gasteiger partial charge on any atom is 0.0348 e. The molecule has 0 atom stereocenters. The van der Waals surface area contributed by atoms with Gasteiger partial charge in [-0.2, -0.15) is 0 Å². The third-order valence-electron chi connectivity index (χ3n) is 2.41. The Morgan fingerprint density at radius 3 is 2.38 bits per heavy atom. The molecular weight excluding hydrogens is 241 g/mol. The summed E-state index contributed by atoms with van der Waals surface area (Å²) in [5.74, 6) is 0.664. The highest BCUT2D eigenvalue weighted by atomic mass is 35.5. The fraction of sp³-hybridized carbons (Fsp3) is 0.538. The Morgan fingerprint density at radius 2 is 1.81 bits per heavy atom. The van der Waals surface area contributed by atoms with Gasteiger partial charge in [-0.25, -0.2) is 0 Å². The van der Waals surface area contributed by atoms with Crippen LogP contribution in [-0.4, -0.2) is 12.4 Å². The molecule has 0 aliphatic heterocycles. The van der Waals surface area contributed by atoms with E-state index in [1.165, 1.54) is 11.1 Å². The fourth-order valence-electron chi connectivity index (χ4n) is 1.70. The number of hydrogen-bond acceptors (Lipinski definition) is 1. The summed E-state index contributed by atoms with van der Waals surface area (Å²) in [6.07, 6.45) is 0. The molecule has 0 fully saturated rings. The van der Waals surface area contributed by atoms with Crippen LogP contribution in [0.4, 0.5) is 0 Å². The van der Waals surface area contributed by atoms with Gasteiger partial charge in [0.2, 0.25) is 0 Å². The highest BCUT2D eigenvalue weighted by molar-refractivity contribution is 6.18. The smallest absolute Gasteiger partial charge is 0.0348 e. The van der Waals surface area contributed by atoms with E-state index in [4.69, 9.17) is 11.6 Å². The average Bonchev–Trinajstić information content (AvgIpc) is 2.17. The third-order valence-corrected chi connectivity index (χ3v) is 2.60. The molecule has 1 nitrogen and oxygen atoms in total. The van der Waals surface area contributed by atoms with E-state index >= 15 is 0 Å². The summed E-state index contributed by atoms with van der Waals surface area (Å²) in [5.41, 5.74) is 2.99. The standard InChI is InChI=1S/C13H20ClN.ClH/c1-13(2,3)12-7-5-4-6-11(12)10-15-9-8-14;/h4-7,15H,8-10H2,1-3H3;1H. The van der Waals surface area contributed by atoms with Crippen LogP contribution >= 0.6 is 24.0 Å². The van der Waals surface area contributed by atoms with Crippen LogP contribution in [0.3, 0.4) is 0 Å². The SMILES string of the molecule is CC(C)(C)c1ccccc1CNCCCl.Cl. The topological polar surface area (TPSA) is 12.0 Å². The van der Waals surface area contributed by atoms with E-state index in [2.05, 4.69) is 50.4 Å². The summed E-state index contributed by atoms with van der Waals surface area (Å²) < 4.78 is 0. The molecule has 1 aromatic rings. The van der Waals surface area contributed by atoms with E-state index in [9.17, 15) is 0 Å². The highest BCUT2D eigenvalue weighted by Crippen LogP contribution is 2.25. The predicted molar refractivity (Wildman–Crippen MR) is 74.8 cm³/mol. The highest BCUT2D eigenvalue weighted by Gasteiger charge is 2.16. The zero-order valence-corrected chi connectivity index (χ0v) is 11.8. The van der Waals surface area contributed by atoms with Gasteiger partial charge in [-0.15, -0.1) is 24.0 Å². The molecule has 0 heterocycles. The second-order valence-electron chi connectivity index (χ2n) is 4.77. The summed E-state index contributed by atoms with van der Waals surface area (Å²) in [4.78, 5) is 0. The first-order chi connectivity index (χ1) is 7.05.